The maximum Gasteiger partial charge on any atom is 0.272 e. The Morgan fingerprint density at radius 2 is 1.92 bits per heavy atom. The first kappa shape index (κ1) is 16.6. The summed E-state index contributed by atoms with van der Waals surface area (Å²) in [5.74, 6) is -0.834. The Morgan fingerprint density at radius 3 is 2.56 bits per heavy atom. The van der Waals surface area contributed by atoms with Gasteiger partial charge >= 0.3 is 0 Å². The number of aromatic nitrogens is 1. The third-order valence-corrected chi connectivity index (χ3v) is 4.27. The van der Waals surface area contributed by atoms with E-state index in [-0.39, 0.29) is 5.91 Å². The van der Waals surface area contributed by atoms with Crippen LogP contribution >= 0.6 is 0 Å². The van der Waals surface area contributed by atoms with Crippen molar-refractivity contribution in [3.05, 3.63) is 47.3 Å². The van der Waals surface area contributed by atoms with Crippen LogP contribution in [0.4, 0.5) is 11.4 Å². The van der Waals surface area contributed by atoms with E-state index in [0.29, 0.717) is 22.6 Å². The third-order valence-electron chi connectivity index (χ3n) is 4.27. The quantitative estimate of drug-likeness (QED) is 0.793. The van der Waals surface area contributed by atoms with E-state index in [0.717, 1.165) is 31.6 Å². The minimum absolute atomic E-state index is 0.301. The molecule has 0 radical (unpaired) electrons. The van der Waals surface area contributed by atoms with Crippen molar-refractivity contribution in [3.8, 4) is 6.07 Å². The number of amides is 2. The van der Waals surface area contributed by atoms with E-state index in [2.05, 4.69) is 15.2 Å². The van der Waals surface area contributed by atoms with Crippen LogP contribution in [-0.4, -0.2) is 29.9 Å². The van der Waals surface area contributed by atoms with E-state index in [4.69, 9.17) is 11.0 Å². The number of nitrogens with zero attached hydrogens (tertiary/aromatic N) is 2. The minimum atomic E-state index is -0.485. The lowest BCUT2D eigenvalue weighted by molar-refractivity contribution is 0.0998. The van der Waals surface area contributed by atoms with Crippen molar-refractivity contribution in [1.82, 2.24) is 4.98 Å². The number of hydrogen-bond donors (Lipinski definition) is 3. The highest BCUT2D eigenvalue weighted by molar-refractivity contribution is 6.05. The summed E-state index contributed by atoms with van der Waals surface area (Å²) in [5, 5.41) is 11.6. The van der Waals surface area contributed by atoms with Gasteiger partial charge in [0.15, 0.2) is 0 Å². The second-order valence-corrected chi connectivity index (χ2v) is 6.00. The van der Waals surface area contributed by atoms with E-state index in [1.165, 1.54) is 6.42 Å². The molecule has 0 unspecified atom stereocenters. The Balaban J connectivity index is 1.85. The van der Waals surface area contributed by atoms with Gasteiger partial charge < -0.3 is 20.9 Å². The highest BCUT2D eigenvalue weighted by atomic mass is 16.2. The molecule has 1 aromatic heterocycles. The molecule has 1 aliphatic rings. The summed E-state index contributed by atoms with van der Waals surface area (Å²) in [4.78, 5) is 28.9. The van der Waals surface area contributed by atoms with Crippen LogP contribution in [0, 0.1) is 11.3 Å². The van der Waals surface area contributed by atoms with Gasteiger partial charge in [0.1, 0.15) is 17.5 Å². The molecule has 25 heavy (non-hydrogen) atoms. The molecule has 1 fully saturated rings. The van der Waals surface area contributed by atoms with Gasteiger partial charge in [0.05, 0.1) is 11.3 Å². The highest BCUT2D eigenvalue weighted by Gasteiger charge is 2.18. The van der Waals surface area contributed by atoms with Gasteiger partial charge in [0.25, 0.3) is 11.8 Å². The molecule has 2 aromatic rings. The van der Waals surface area contributed by atoms with Gasteiger partial charge in [-0.25, -0.2) is 0 Å². The number of primary amides is 1. The number of nitrogens with one attached hydrogen (secondary N) is 2. The lowest BCUT2D eigenvalue weighted by Crippen LogP contribution is -2.31. The number of aromatic amines is 1. The molecule has 0 atom stereocenters. The van der Waals surface area contributed by atoms with Crippen molar-refractivity contribution in [3.63, 3.8) is 0 Å². The average Bonchev–Trinajstić information content (AvgIpc) is 3.11. The maximum absolute atomic E-state index is 12.3. The largest absolute Gasteiger partial charge is 0.371 e. The third kappa shape index (κ3) is 3.63. The molecule has 0 saturated carbocycles. The molecular formula is C18H19N5O2. The van der Waals surface area contributed by atoms with Gasteiger partial charge in [-0.15, -0.1) is 0 Å². The van der Waals surface area contributed by atoms with Crippen LogP contribution in [0.5, 0.6) is 0 Å². The molecule has 0 bridgehead atoms. The zero-order valence-electron chi connectivity index (χ0n) is 13.7. The fraction of sp³-hybridized carbons (Fsp3) is 0.278. The van der Waals surface area contributed by atoms with Crippen LogP contribution in [-0.2, 0) is 0 Å². The van der Waals surface area contributed by atoms with Crippen molar-refractivity contribution in [2.75, 3.05) is 23.3 Å². The number of carbonyl (C=O) groups excluding carboxylic acids is 2. The van der Waals surface area contributed by atoms with Crippen LogP contribution in [0.25, 0.3) is 0 Å². The Labute approximate surface area is 145 Å². The molecule has 4 N–H and O–H groups in total. The van der Waals surface area contributed by atoms with Crippen molar-refractivity contribution in [1.29, 1.82) is 5.26 Å². The summed E-state index contributed by atoms with van der Waals surface area (Å²) in [6, 6.07) is 10.1. The van der Waals surface area contributed by atoms with Crippen molar-refractivity contribution in [2.24, 2.45) is 5.73 Å². The van der Waals surface area contributed by atoms with Crippen LogP contribution in [0.15, 0.2) is 30.3 Å². The second kappa shape index (κ2) is 7.09. The molecule has 7 nitrogen and oxygen atoms in total. The van der Waals surface area contributed by atoms with Crippen LogP contribution in [0.3, 0.4) is 0 Å². The normalized spacial score (nSPS) is 14.0. The van der Waals surface area contributed by atoms with E-state index >= 15 is 0 Å². The number of H-pyrrole nitrogens is 1. The number of benzene rings is 1. The lowest BCUT2D eigenvalue weighted by atomic mass is 10.1. The number of nitrogens with two attached hydrogens (primary N) is 1. The molecule has 1 saturated heterocycles. The zero-order chi connectivity index (χ0) is 17.8. The van der Waals surface area contributed by atoms with Crippen LogP contribution in [0.2, 0.25) is 0 Å². The first-order chi connectivity index (χ1) is 12.1. The highest BCUT2D eigenvalue weighted by Crippen LogP contribution is 2.27. The predicted molar refractivity (Wildman–Crippen MR) is 94.5 cm³/mol. The van der Waals surface area contributed by atoms with Crippen molar-refractivity contribution in [2.45, 2.75) is 19.3 Å². The van der Waals surface area contributed by atoms with Gasteiger partial charge in [-0.2, -0.15) is 5.26 Å². The summed E-state index contributed by atoms with van der Waals surface area (Å²) in [6.07, 6.45) is 3.30. The van der Waals surface area contributed by atoms with E-state index in [9.17, 15) is 9.59 Å². The molecule has 1 aromatic carbocycles. The van der Waals surface area contributed by atoms with Crippen LogP contribution in [0.1, 0.15) is 45.8 Å². The smallest absolute Gasteiger partial charge is 0.272 e. The minimum Gasteiger partial charge on any atom is -0.371 e. The Bertz CT molecular complexity index is 843. The van der Waals surface area contributed by atoms with Gasteiger partial charge in [0, 0.05) is 18.8 Å². The summed E-state index contributed by atoms with van der Waals surface area (Å²) < 4.78 is 0. The monoisotopic (exact) mass is 337 g/mol. The molecule has 3 rings (SSSR count). The number of rotatable bonds is 4. The van der Waals surface area contributed by atoms with Crippen molar-refractivity contribution < 1.29 is 9.59 Å². The molecule has 2 amide bonds. The molecule has 128 valence electrons. The Morgan fingerprint density at radius 1 is 1.16 bits per heavy atom. The second-order valence-electron chi connectivity index (χ2n) is 6.00. The van der Waals surface area contributed by atoms with Gasteiger partial charge in [-0.1, -0.05) is 0 Å². The number of hydrogen-bond acceptors (Lipinski definition) is 4. The van der Waals surface area contributed by atoms with Crippen molar-refractivity contribution >= 4 is 23.2 Å². The zero-order valence-corrected chi connectivity index (χ0v) is 13.7. The molecule has 2 heterocycles. The predicted octanol–water partition coefficient (Wildman–Crippen LogP) is 2.23. The lowest BCUT2D eigenvalue weighted by Gasteiger charge is -2.30. The van der Waals surface area contributed by atoms with E-state index in [1.807, 2.05) is 6.07 Å². The fourth-order valence-electron chi connectivity index (χ4n) is 3.01. The molecule has 1 aliphatic heterocycles. The van der Waals surface area contributed by atoms with E-state index < -0.39 is 5.91 Å². The van der Waals surface area contributed by atoms with E-state index in [1.54, 1.807) is 30.3 Å². The molecule has 0 aliphatic carbocycles. The Hall–Kier alpha value is -3.27. The van der Waals surface area contributed by atoms with Gasteiger partial charge in [-0.3, -0.25) is 9.59 Å². The molecule has 7 heteroatoms. The van der Waals surface area contributed by atoms with Gasteiger partial charge in [-0.05, 0) is 49.6 Å². The topological polar surface area (TPSA) is 115 Å². The standard InChI is InChI=1S/C18H19N5O2/c19-11-13-5-7-15(21-13)18(25)22-12-4-6-14(17(20)24)16(10-12)23-8-2-1-3-9-23/h4-7,10,21H,1-3,8-9H2,(H2,20,24)(H,22,25). The summed E-state index contributed by atoms with van der Waals surface area (Å²) in [7, 11) is 0. The van der Waals surface area contributed by atoms with Crippen LogP contribution < -0.4 is 16.0 Å². The SMILES string of the molecule is N#Cc1ccc(C(=O)Nc2ccc(C(N)=O)c(N3CCCCC3)c2)[nH]1. The van der Waals surface area contributed by atoms with Gasteiger partial charge in [0.2, 0.25) is 0 Å². The fourth-order valence-corrected chi connectivity index (χ4v) is 3.01. The summed E-state index contributed by atoms with van der Waals surface area (Å²) >= 11 is 0. The number of carbonyl (C=O) groups is 2. The maximum atomic E-state index is 12.3. The Kier molecular flexibility index (Phi) is 4.70. The molecule has 0 spiro atoms. The number of anilines is 2. The summed E-state index contributed by atoms with van der Waals surface area (Å²) in [5.41, 5.74) is 7.88. The number of piperidine rings is 1. The molecular weight excluding hydrogens is 318 g/mol. The first-order valence-corrected chi connectivity index (χ1v) is 8.18. The first-order valence-electron chi connectivity index (χ1n) is 8.18. The average molecular weight is 337 g/mol. The summed E-state index contributed by atoms with van der Waals surface area (Å²) in [6.45, 7) is 1.72. The number of nitriles is 1.